The van der Waals surface area contributed by atoms with Crippen LogP contribution in [0.15, 0.2) is 77.0 Å². The normalized spacial score (nSPS) is 8.45. The predicted molar refractivity (Wildman–Crippen MR) is 225 cm³/mol. The second-order valence-electron chi connectivity index (χ2n) is 7.76. The number of methoxy groups -OCH3 is 1. The number of aliphatic imine (C=N–C) groups is 2. The molecule has 1 aromatic heterocycles. The van der Waals surface area contributed by atoms with Crippen LogP contribution in [0, 0.1) is 0 Å². The summed E-state index contributed by atoms with van der Waals surface area (Å²) in [7, 11) is 14.4. The summed E-state index contributed by atoms with van der Waals surface area (Å²) in [4.78, 5) is 65.4. The number of Topliss-reactive ketones (excluding diaryl/α,β-unsaturated/α-hetero) is 1. The fourth-order valence-electron chi connectivity index (χ4n) is 1.19. The van der Waals surface area contributed by atoms with Gasteiger partial charge in [-0.05, 0) is 81.1 Å². The van der Waals surface area contributed by atoms with Crippen LogP contribution >= 0.6 is 21.6 Å². The Morgan fingerprint density at radius 1 is 0.981 bits per heavy atom. The highest BCUT2D eigenvalue weighted by molar-refractivity contribution is 8.76. The highest BCUT2D eigenvalue weighted by Crippen LogP contribution is 2.25. The maximum absolute atomic E-state index is 10.6. The smallest absolute Gasteiger partial charge is 0.302 e. The van der Waals surface area contributed by atoms with Gasteiger partial charge in [0.25, 0.3) is 5.91 Å². The van der Waals surface area contributed by atoms with Gasteiger partial charge < -0.3 is 24.6 Å². The van der Waals surface area contributed by atoms with E-state index in [9.17, 15) is 24.0 Å². The van der Waals surface area contributed by atoms with Crippen molar-refractivity contribution >= 4 is 62.8 Å². The number of hydrogen-bond donors (Lipinski definition) is 6. The summed E-state index contributed by atoms with van der Waals surface area (Å²) in [5, 5.41) is 3.55. The monoisotopic (exact) mass is 792 g/mol. The van der Waals surface area contributed by atoms with Gasteiger partial charge in [-0.25, -0.2) is 26.7 Å². The van der Waals surface area contributed by atoms with Gasteiger partial charge in [-0.3, -0.25) is 35.9 Å². The van der Waals surface area contributed by atoms with Gasteiger partial charge in [0.15, 0.2) is 0 Å². The molecule has 2 heterocycles. The van der Waals surface area contributed by atoms with Crippen LogP contribution in [0.1, 0.15) is 54.9 Å². The zero-order chi connectivity index (χ0) is 44.1. The first-order chi connectivity index (χ1) is 24.9. The van der Waals surface area contributed by atoms with Crippen LogP contribution in [0.2, 0.25) is 0 Å². The summed E-state index contributed by atoms with van der Waals surface area (Å²) in [6.07, 6.45) is 7.62. The number of carbonyl (C=O) groups is 5. The Labute approximate surface area is 326 Å². The van der Waals surface area contributed by atoms with Crippen LogP contribution in [0.5, 0.6) is 0 Å². The van der Waals surface area contributed by atoms with E-state index in [2.05, 4.69) is 84.3 Å². The number of nitrogens with two attached hydrogens (primary N) is 3. The molecule has 19 heteroatoms. The van der Waals surface area contributed by atoms with Crippen molar-refractivity contribution in [2.45, 2.75) is 59.9 Å². The second kappa shape index (κ2) is 69.4. The van der Waals surface area contributed by atoms with E-state index in [1.54, 1.807) is 69.1 Å². The lowest BCUT2D eigenvalue weighted by Gasteiger charge is -2.06. The summed E-state index contributed by atoms with van der Waals surface area (Å²) < 4.78 is 4.11. The lowest BCUT2D eigenvalue weighted by Crippen LogP contribution is -2.26. The van der Waals surface area contributed by atoms with E-state index in [0.29, 0.717) is 6.42 Å². The molecule has 3 amide bonds. The Hall–Kier alpha value is -4.42. The topological polar surface area (TPSA) is 259 Å². The lowest BCUT2D eigenvalue weighted by atomic mass is 10.5. The van der Waals surface area contributed by atoms with Crippen LogP contribution in [-0.2, 0) is 33.5 Å². The first-order valence-corrected chi connectivity index (χ1v) is 17.7. The van der Waals surface area contributed by atoms with E-state index in [0.717, 1.165) is 10.7 Å². The molecular formula is C34H68N10O7S2. The average Bonchev–Trinajstić information content (AvgIpc) is 3.44. The van der Waals surface area contributed by atoms with E-state index in [4.69, 9.17) is 0 Å². The average molecular weight is 793 g/mol. The van der Waals surface area contributed by atoms with Gasteiger partial charge in [-0.15, -0.1) is 0 Å². The fraction of sp³-hybridized carbons (Fsp3) is 0.471. The van der Waals surface area contributed by atoms with Crippen molar-refractivity contribution in [1.82, 2.24) is 26.1 Å². The van der Waals surface area contributed by atoms with Crippen LogP contribution < -0.4 is 33.8 Å². The highest BCUT2D eigenvalue weighted by Gasteiger charge is 2.11. The summed E-state index contributed by atoms with van der Waals surface area (Å²) in [5.74, 6) is 17.9. The number of pyridine rings is 1. The third-order valence-electron chi connectivity index (χ3n) is 3.39. The Kier molecular flexibility index (Phi) is 91.9. The molecular weight excluding hydrogens is 725 g/mol. The first kappa shape index (κ1) is 70.2. The molecule has 2 rings (SSSR count). The van der Waals surface area contributed by atoms with Gasteiger partial charge in [-0.1, -0.05) is 44.2 Å². The zero-order valence-electron chi connectivity index (χ0n) is 34.5. The van der Waals surface area contributed by atoms with Crippen molar-refractivity contribution in [3.05, 3.63) is 62.0 Å². The number of ketones is 1. The van der Waals surface area contributed by atoms with E-state index < -0.39 is 0 Å². The maximum atomic E-state index is 10.6. The standard InChI is InChI=1S/C6H7NO.C6H7NS2.C4H9NO.2C3H5N.C3H6O2.C3H6O.C2H6N2O.C2H6.CH6N2.CH5NO/c1-5-3-4-6(8)7(5)2;1-8-9-6-4-2-3-5-7-6;1-3-4(6)5-2;2*1-3-4-2;1-3(4)5-2;1-3(2)4;1-2(5)4-3;1-2;2*1-3-2/h3-4H,1H2,2H3;2-5H,1H3;3H2,1-2H3,(H,5,6);2*1H2,2H3;1-2H3;1-2H3;3H2,1H3,(H,4,5);1-2H3;3H,2H2,1H3;2H2,1H3. The SMILES string of the molecule is C=C1C=CC(=O)N1C.C=C=NC.C=C=NC.CC.CC(=O)NN.CC(C)=O.CCC(=O)NC.CNN.COC(C)=O.CON.CSSc1ccccn1. The molecule has 17 nitrogen and oxygen atoms in total. The number of hydrogen-bond acceptors (Lipinski definition) is 16. The molecule has 9 N–H and O–H groups in total. The molecule has 0 saturated carbocycles. The number of esters is 1. The Bertz CT molecular complexity index is 1060. The number of aromatic nitrogens is 1. The summed E-state index contributed by atoms with van der Waals surface area (Å²) in [6.45, 7) is 21.6. The number of allylic oxidation sites excluding steroid dienone is 1. The zero-order valence-corrected chi connectivity index (χ0v) is 36.1. The largest absolute Gasteiger partial charge is 0.469 e. The molecule has 0 aliphatic carbocycles. The third kappa shape index (κ3) is 113. The predicted octanol–water partition coefficient (Wildman–Crippen LogP) is 3.45. The van der Waals surface area contributed by atoms with Crippen molar-refractivity contribution in [2.75, 3.05) is 55.7 Å². The van der Waals surface area contributed by atoms with Gasteiger partial charge >= 0.3 is 5.97 Å². The molecule has 308 valence electrons. The van der Waals surface area contributed by atoms with Crippen LogP contribution in [0.25, 0.3) is 0 Å². The number of nitrogens with zero attached hydrogens (tertiary/aromatic N) is 4. The molecule has 0 fully saturated rings. The molecule has 0 aromatic carbocycles. The molecule has 0 bridgehead atoms. The molecule has 0 atom stereocenters. The fourth-order valence-corrected chi connectivity index (χ4v) is 2.41. The molecule has 0 radical (unpaired) electrons. The third-order valence-corrected chi connectivity index (χ3v) is 4.98. The first-order valence-electron chi connectivity index (χ1n) is 15.2. The van der Waals surface area contributed by atoms with E-state index in [1.165, 1.54) is 52.9 Å². The minimum absolute atomic E-state index is 0.00926. The number of nitrogens with one attached hydrogen (secondary N) is 3. The number of amides is 3. The lowest BCUT2D eigenvalue weighted by molar-refractivity contribution is -0.138. The molecule has 0 spiro atoms. The number of hydrazine groups is 2. The molecule has 1 aliphatic rings. The second-order valence-corrected chi connectivity index (χ2v) is 10.2. The van der Waals surface area contributed by atoms with Crippen molar-refractivity contribution < 1.29 is 33.5 Å². The van der Waals surface area contributed by atoms with E-state index >= 15 is 0 Å². The number of carbonyl (C=O) groups excluding carboxylic acids is 5. The van der Waals surface area contributed by atoms with Gasteiger partial charge in [0.1, 0.15) is 10.8 Å². The van der Waals surface area contributed by atoms with Crippen LogP contribution in [0.3, 0.4) is 0 Å². The van der Waals surface area contributed by atoms with Gasteiger partial charge in [0.2, 0.25) is 11.8 Å². The summed E-state index contributed by atoms with van der Waals surface area (Å²) in [6, 6.07) is 5.91. The quantitative estimate of drug-likeness (QED) is 0.0640. The van der Waals surface area contributed by atoms with Crippen molar-refractivity contribution in [3.63, 3.8) is 0 Å². The minimum Gasteiger partial charge on any atom is -0.469 e. The minimum atomic E-state index is -0.245. The Morgan fingerprint density at radius 2 is 1.34 bits per heavy atom. The van der Waals surface area contributed by atoms with Crippen molar-refractivity contribution in [3.8, 4) is 0 Å². The van der Waals surface area contributed by atoms with Crippen molar-refractivity contribution in [1.29, 1.82) is 0 Å². The van der Waals surface area contributed by atoms with Crippen molar-refractivity contribution in [2.24, 2.45) is 27.6 Å². The molecule has 53 heavy (non-hydrogen) atoms. The number of ether oxygens (including phenoxy) is 1. The Morgan fingerprint density at radius 3 is 1.45 bits per heavy atom. The van der Waals surface area contributed by atoms with Crippen LogP contribution in [0.4, 0.5) is 0 Å². The Balaban J connectivity index is -0.0000000590. The number of rotatable bonds is 3. The van der Waals surface area contributed by atoms with Gasteiger partial charge in [0.05, 0.1) is 14.2 Å². The van der Waals surface area contributed by atoms with E-state index in [1.807, 2.05) is 50.7 Å². The van der Waals surface area contributed by atoms with Gasteiger partial charge in [0, 0.05) is 66.4 Å². The molecule has 0 unspecified atom stereocenters. The maximum Gasteiger partial charge on any atom is 0.302 e. The molecule has 1 aromatic rings. The molecule has 0 saturated heterocycles. The number of likely N-dealkylation sites (N-methyl/N-ethyl adjacent to an activating group) is 1. The van der Waals surface area contributed by atoms with E-state index in [-0.39, 0.29) is 29.5 Å². The highest BCUT2D eigenvalue weighted by atomic mass is 33.1. The van der Waals surface area contributed by atoms with Gasteiger partial charge in [-0.2, -0.15) is 0 Å². The summed E-state index contributed by atoms with van der Waals surface area (Å²) >= 11 is 0. The molecule has 1 aliphatic heterocycles. The van der Waals surface area contributed by atoms with Crippen LogP contribution in [-0.4, -0.2) is 107 Å². The summed E-state index contributed by atoms with van der Waals surface area (Å²) in [5.41, 5.74) is 4.90.